The van der Waals surface area contributed by atoms with Gasteiger partial charge < -0.3 is 14.6 Å². The fourth-order valence-corrected chi connectivity index (χ4v) is 7.95. The van der Waals surface area contributed by atoms with Gasteiger partial charge in [-0.2, -0.15) is 0 Å². The van der Waals surface area contributed by atoms with Crippen molar-refractivity contribution in [2.24, 2.45) is 0 Å². The van der Waals surface area contributed by atoms with Crippen LogP contribution < -0.4 is 15.9 Å². The molecule has 5 nitrogen and oxygen atoms in total. The number of hydrogen-bond acceptors (Lipinski definition) is 5. The van der Waals surface area contributed by atoms with E-state index in [2.05, 4.69) is 0 Å². The fraction of sp³-hybridized carbons (Fsp3) is 0.154. The Balaban J connectivity index is 2.52. The number of esters is 2. The van der Waals surface area contributed by atoms with E-state index in [4.69, 9.17) is 9.47 Å². The van der Waals surface area contributed by atoms with Crippen LogP contribution in [-0.4, -0.2) is 30.3 Å². The maximum absolute atomic E-state index is 13.4. The molecule has 0 amide bonds. The summed E-state index contributed by atoms with van der Waals surface area (Å²) in [5, 5.41) is 13.5. The molecular formula is C26H26O5P+. The van der Waals surface area contributed by atoms with Gasteiger partial charge in [0, 0.05) is 0 Å². The Morgan fingerprint density at radius 3 is 1.34 bits per heavy atom. The van der Waals surface area contributed by atoms with Crippen LogP contribution in [0.25, 0.3) is 0 Å². The highest BCUT2D eigenvalue weighted by molar-refractivity contribution is 7.99. The van der Waals surface area contributed by atoms with E-state index in [0.29, 0.717) is 0 Å². The second kappa shape index (κ2) is 10.7. The molecule has 0 aliphatic heterocycles. The van der Waals surface area contributed by atoms with Crippen molar-refractivity contribution in [1.29, 1.82) is 0 Å². The van der Waals surface area contributed by atoms with Gasteiger partial charge in [0.05, 0.1) is 13.2 Å². The highest BCUT2D eigenvalue weighted by atomic mass is 31.2. The smallest absolute Gasteiger partial charge is 0.379 e. The molecule has 0 fully saturated rings. The van der Waals surface area contributed by atoms with Gasteiger partial charge in [0.1, 0.15) is 15.9 Å². The molecule has 0 unspecified atom stereocenters. The number of benzene rings is 3. The van der Waals surface area contributed by atoms with Crippen molar-refractivity contribution in [2.45, 2.75) is 13.8 Å². The lowest BCUT2D eigenvalue weighted by Gasteiger charge is -2.28. The van der Waals surface area contributed by atoms with Crippen LogP contribution in [0.4, 0.5) is 0 Å². The standard InChI is InChI=1S/C26H25O5P/c1-3-30-25(28)23(27)24(26(29)31-4-2)32(20-14-8-5-9-15-20,21-16-10-6-11-17-21)22-18-12-7-13-19-22/h5-19H,3-4H2,1-2H3/p+1. The van der Waals surface area contributed by atoms with Gasteiger partial charge in [-0.1, -0.05) is 54.6 Å². The minimum absolute atomic E-state index is 0.0620. The molecule has 3 rings (SSSR count). The number of carbonyl (C=O) groups is 2. The predicted octanol–water partition coefficient (Wildman–Crippen LogP) is 3.88. The third-order valence-electron chi connectivity index (χ3n) is 4.93. The van der Waals surface area contributed by atoms with Crippen LogP contribution in [0.3, 0.4) is 0 Å². The predicted molar refractivity (Wildman–Crippen MR) is 128 cm³/mol. The molecule has 1 N–H and O–H groups in total. The van der Waals surface area contributed by atoms with Crippen molar-refractivity contribution >= 4 is 35.1 Å². The highest BCUT2D eigenvalue weighted by Gasteiger charge is 2.56. The Hall–Kier alpha value is -3.43. The molecule has 164 valence electrons. The van der Waals surface area contributed by atoms with Gasteiger partial charge in [-0.3, -0.25) is 0 Å². The summed E-state index contributed by atoms with van der Waals surface area (Å²) in [4.78, 5) is 26.2. The Morgan fingerprint density at radius 2 is 1.00 bits per heavy atom. The zero-order chi connectivity index (χ0) is 23.0. The van der Waals surface area contributed by atoms with Crippen LogP contribution in [0.5, 0.6) is 0 Å². The fourth-order valence-electron chi connectivity index (χ4n) is 3.68. The Kier molecular flexibility index (Phi) is 7.80. The van der Waals surface area contributed by atoms with E-state index in [0.717, 1.165) is 15.9 Å². The average molecular weight is 449 g/mol. The molecule has 3 aromatic carbocycles. The molecule has 0 radical (unpaired) electrons. The van der Waals surface area contributed by atoms with Crippen LogP contribution in [0.2, 0.25) is 0 Å². The summed E-state index contributed by atoms with van der Waals surface area (Å²) in [6.45, 7) is 3.48. The molecule has 0 aromatic heterocycles. The van der Waals surface area contributed by atoms with E-state index in [1.165, 1.54) is 0 Å². The minimum atomic E-state index is -3.03. The van der Waals surface area contributed by atoms with Crippen LogP contribution in [0.15, 0.2) is 102 Å². The summed E-state index contributed by atoms with van der Waals surface area (Å²) in [6.07, 6.45) is 0. The first-order valence-corrected chi connectivity index (χ1v) is 12.2. The molecule has 0 heterocycles. The summed E-state index contributed by atoms with van der Waals surface area (Å²) < 4.78 is 10.5. The van der Waals surface area contributed by atoms with Gasteiger partial charge in [-0.25, -0.2) is 9.59 Å². The third-order valence-corrected chi connectivity index (χ3v) is 9.21. The van der Waals surface area contributed by atoms with E-state index in [9.17, 15) is 14.7 Å². The number of rotatable bonds is 8. The maximum atomic E-state index is 13.4. The lowest BCUT2D eigenvalue weighted by molar-refractivity contribution is -0.143. The first-order chi connectivity index (χ1) is 15.6. The monoisotopic (exact) mass is 449 g/mol. The maximum Gasteiger partial charge on any atom is 0.379 e. The molecule has 6 heteroatoms. The van der Waals surface area contributed by atoms with Crippen molar-refractivity contribution in [3.63, 3.8) is 0 Å². The second-order valence-electron chi connectivity index (χ2n) is 6.82. The van der Waals surface area contributed by atoms with Gasteiger partial charge >= 0.3 is 11.9 Å². The molecule has 0 spiro atoms. The topological polar surface area (TPSA) is 72.8 Å². The lowest BCUT2D eigenvalue weighted by atomic mass is 10.3. The normalized spacial score (nSPS) is 11.9. The van der Waals surface area contributed by atoms with Gasteiger partial charge in [0.2, 0.25) is 5.31 Å². The average Bonchev–Trinajstić information content (AvgIpc) is 2.84. The van der Waals surface area contributed by atoms with Crippen molar-refractivity contribution < 1.29 is 24.2 Å². The molecule has 0 bridgehead atoms. The summed E-state index contributed by atoms with van der Waals surface area (Å²) in [5.41, 5.74) is 0. The van der Waals surface area contributed by atoms with Crippen molar-refractivity contribution in [1.82, 2.24) is 0 Å². The van der Waals surface area contributed by atoms with E-state index >= 15 is 0 Å². The number of hydrogen-bond donors (Lipinski definition) is 1. The summed E-state index contributed by atoms with van der Waals surface area (Å²) in [5.74, 6) is -2.43. The summed E-state index contributed by atoms with van der Waals surface area (Å²) in [6, 6.07) is 28.3. The Bertz CT molecular complexity index is 982. The quantitative estimate of drug-likeness (QED) is 0.245. The van der Waals surface area contributed by atoms with Gasteiger partial charge in [0.25, 0.3) is 5.76 Å². The van der Waals surface area contributed by atoms with Crippen molar-refractivity contribution in [3.8, 4) is 0 Å². The zero-order valence-electron chi connectivity index (χ0n) is 18.1. The largest absolute Gasteiger partial charge is 0.499 e. The molecule has 3 aromatic rings. The molecule has 0 saturated heterocycles. The second-order valence-corrected chi connectivity index (χ2v) is 10.2. The SMILES string of the molecule is CCOC(=O)/C(O)=C(\C(=O)OCC)[P+](c1ccccc1)(c1ccccc1)c1ccccc1. The van der Waals surface area contributed by atoms with Gasteiger partial charge in [-0.05, 0) is 50.2 Å². The zero-order valence-corrected chi connectivity index (χ0v) is 19.0. The number of ether oxygens (including phenoxy) is 2. The molecule has 0 saturated carbocycles. The van der Waals surface area contributed by atoms with Gasteiger partial charge in [0.15, 0.2) is 7.26 Å². The summed E-state index contributed by atoms with van der Waals surface area (Å²) >= 11 is 0. The number of aliphatic hydroxyl groups excluding tert-OH is 1. The summed E-state index contributed by atoms with van der Waals surface area (Å²) in [7, 11) is -3.03. The molecule has 32 heavy (non-hydrogen) atoms. The Labute approximate surface area is 188 Å². The number of carbonyl (C=O) groups excluding carboxylic acids is 2. The lowest BCUT2D eigenvalue weighted by Crippen LogP contribution is -2.36. The van der Waals surface area contributed by atoms with E-state index < -0.39 is 25.0 Å². The molecule has 0 aliphatic rings. The van der Waals surface area contributed by atoms with Crippen molar-refractivity contribution in [2.75, 3.05) is 13.2 Å². The first-order valence-electron chi connectivity index (χ1n) is 10.4. The highest BCUT2D eigenvalue weighted by Crippen LogP contribution is 2.63. The minimum Gasteiger partial charge on any atom is -0.499 e. The van der Waals surface area contributed by atoms with E-state index in [1.54, 1.807) is 13.8 Å². The van der Waals surface area contributed by atoms with E-state index in [-0.39, 0.29) is 18.5 Å². The van der Waals surface area contributed by atoms with Crippen molar-refractivity contribution in [3.05, 3.63) is 102 Å². The van der Waals surface area contributed by atoms with E-state index in [1.807, 2.05) is 91.0 Å². The van der Waals surface area contributed by atoms with Crippen LogP contribution in [-0.2, 0) is 19.1 Å². The molecule has 0 aliphatic carbocycles. The first kappa shape index (κ1) is 23.2. The molecular weight excluding hydrogens is 423 g/mol. The number of aliphatic hydroxyl groups is 1. The Morgan fingerprint density at radius 1 is 0.656 bits per heavy atom. The van der Waals surface area contributed by atoms with Crippen LogP contribution in [0.1, 0.15) is 13.8 Å². The van der Waals surface area contributed by atoms with Crippen LogP contribution >= 0.6 is 7.26 Å². The third kappa shape index (κ3) is 4.44. The molecule has 0 atom stereocenters. The van der Waals surface area contributed by atoms with Crippen LogP contribution in [0, 0.1) is 0 Å². The van der Waals surface area contributed by atoms with Gasteiger partial charge in [-0.15, -0.1) is 0 Å².